The summed E-state index contributed by atoms with van der Waals surface area (Å²) in [5.41, 5.74) is 0.733. The molecule has 0 atom stereocenters. The Morgan fingerprint density at radius 3 is 3.04 bits per heavy atom. The summed E-state index contributed by atoms with van der Waals surface area (Å²) in [5.74, 6) is 1.35. The molecule has 0 bridgehead atoms. The number of benzene rings is 1. The number of thiazole rings is 1. The second kappa shape index (κ2) is 7.07. The number of thioether (sulfide) groups is 1. The standard InChI is InChI=1S/C14H12N6O3S2/c21-12(16-13-15-3-6-24-13)8-25-14-17-18-19-20(14)9-1-2-10-11(7-9)23-5-4-22-10/h1-3,6-7H,4-5,8H2,(H,15,16,21). The van der Waals surface area contributed by atoms with Gasteiger partial charge < -0.3 is 14.8 Å². The molecule has 4 rings (SSSR count). The first kappa shape index (κ1) is 15.8. The lowest BCUT2D eigenvalue weighted by molar-refractivity contribution is -0.113. The lowest BCUT2D eigenvalue weighted by Gasteiger charge is -2.18. The number of nitrogens with one attached hydrogen (secondary N) is 1. The van der Waals surface area contributed by atoms with Crippen molar-refractivity contribution in [2.75, 3.05) is 24.3 Å². The second-order valence-electron chi connectivity index (χ2n) is 4.88. The van der Waals surface area contributed by atoms with E-state index in [0.29, 0.717) is 35.0 Å². The number of aromatic nitrogens is 5. The van der Waals surface area contributed by atoms with Crippen molar-refractivity contribution in [2.24, 2.45) is 0 Å². The minimum atomic E-state index is -0.170. The van der Waals surface area contributed by atoms with Crippen LogP contribution >= 0.6 is 23.1 Å². The Bertz CT molecular complexity index is 883. The quantitative estimate of drug-likeness (QED) is 0.670. The summed E-state index contributed by atoms with van der Waals surface area (Å²) < 4.78 is 12.6. The average molecular weight is 376 g/mol. The van der Waals surface area contributed by atoms with Crippen LogP contribution in [0.25, 0.3) is 5.69 Å². The van der Waals surface area contributed by atoms with Gasteiger partial charge in [-0.15, -0.1) is 16.4 Å². The molecule has 1 amide bonds. The van der Waals surface area contributed by atoms with E-state index < -0.39 is 0 Å². The van der Waals surface area contributed by atoms with E-state index >= 15 is 0 Å². The van der Waals surface area contributed by atoms with E-state index in [1.807, 2.05) is 18.2 Å². The largest absolute Gasteiger partial charge is 0.486 e. The molecule has 1 aromatic carbocycles. The van der Waals surface area contributed by atoms with E-state index in [4.69, 9.17) is 9.47 Å². The summed E-state index contributed by atoms with van der Waals surface area (Å²) in [6.45, 7) is 1.04. The summed E-state index contributed by atoms with van der Waals surface area (Å²) in [4.78, 5) is 16.0. The van der Waals surface area contributed by atoms with E-state index in [-0.39, 0.29) is 11.7 Å². The van der Waals surface area contributed by atoms with Gasteiger partial charge in [-0.05, 0) is 22.6 Å². The Hall–Kier alpha value is -2.66. The Morgan fingerprint density at radius 2 is 2.20 bits per heavy atom. The first-order valence-electron chi connectivity index (χ1n) is 7.30. The first-order chi connectivity index (χ1) is 12.3. The van der Waals surface area contributed by atoms with Gasteiger partial charge in [-0.1, -0.05) is 11.8 Å². The van der Waals surface area contributed by atoms with Crippen molar-refractivity contribution in [1.29, 1.82) is 0 Å². The van der Waals surface area contributed by atoms with Crippen molar-refractivity contribution in [3.63, 3.8) is 0 Å². The number of ether oxygens (including phenoxy) is 2. The van der Waals surface area contributed by atoms with Crippen LogP contribution in [0.1, 0.15) is 0 Å². The van der Waals surface area contributed by atoms with Gasteiger partial charge in [0.15, 0.2) is 16.6 Å². The summed E-state index contributed by atoms with van der Waals surface area (Å²) in [6, 6.07) is 5.46. The van der Waals surface area contributed by atoms with Gasteiger partial charge in [0.1, 0.15) is 13.2 Å². The fraction of sp³-hybridized carbons (Fsp3) is 0.214. The monoisotopic (exact) mass is 376 g/mol. The zero-order valence-electron chi connectivity index (χ0n) is 12.8. The molecule has 1 N–H and O–H groups in total. The van der Waals surface area contributed by atoms with E-state index in [1.54, 1.807) is 16.3 Å². The number of hydrogen-bond donors (Lipinski definition) is 1. The SMILES string of the molecule is O=C(CSc1nnnn1-c1ccc2c(c1)OCCO2)Nc1nccs1. The number of anilines is 1. The highest BCUT2D eigenvalue weighted by Crippen LogP contribution is 2.32. The van der Waals surface area contributed by atoms with Gasteiger partial charge in [0.25, 0.3) is 0 Å². The molecule has 1 aliphatic heterocycles. The molecule has 2 aromatic heterocycles. The lowest BCUT2D eigenvalue weighted by Crippen LogP contribution is -2.16. The van der Waals surface area contributed by atoms with E-state index in [1.165, 1.54) is 23.1 Å². The van der Waals surface area contributed by atoms with E-state index in [2.05, 4.69) is 25.8 Å². The number of nitrogens with zero attached hydrogens (tertiary/aromatic N) is 5. The Balaban J connectivity index is 1.46. The Labute approximate surface area is 150 Å². The third kappa shape index (κ3) is 3.56. The summed E-state index contributed by atoms with van der Waals surface area (Å²) in [7, 11) is 0. The minimum absolute atomic E-state index is 0.170. The highest BCUT2D eigenvalue weighted by atomic mass is 32.2. The molecule has 0 fully saturated rings. The van der Waals surface area contributed by atoms with Gasteiger partial charge >= 0.3 is 0 Å². The van der Waals surface area contributed by atoms with Gasteiger partial charge in [0, 0.05) is 17.6 Å². The van der Waals surface area contributed by atoms with Crippen LogP contribution in [0.15, 0.2) is 34.9 Å². The van der Waals surface area contributed by atoms with Crippen molar-refractivity contribution < 1.29 is 14.3 Å². The summed E-state index contributed by atoms with van der Waals surface area (Å²) in [5, 5.41) is 17.2. The highest BCUT2D eigenvalue weighted by molar-refractivity contribution is 7.99. The molecule has 0 radical (unpaired) electrons. The summed E-state index contributed by atoms with van der Waals surface area (Å²) >= 11 is 2.60. The van der Waals surface area contributed by atoms with Gasteiger partial charge in [-0.3, -0.25) is 4.79 Å². The average Bonchev–Trinajstić information content (AvgIpc) is 3.31. The maximum absolute atomic E-state index is 12.0. The number of amides is 1. The molecular formula is C14H12N6O3S2. The van der Waals surface area contributed by atoms with Crippen LogP contribution < -0.4 is 14.8 Å². The molecular weight excluding hydrogens is 364 g/mol. The summed E-state index contributed by atoms with van der Waals surface area (Å²) in [6.07, 6.45) is 1.63. The maximum atomic E-state index is 12.0. The number of rotatable bonds is 5. The van der Waals surface area contributed by atoms with Crippen molar-refractivity contribution in [1.82, 2.24) is 25.2 Å². The minimum Gasteiger partial charge on any atom is -0.486 e. The predicted octanol–water partition coefficient (Wildman–Crippen LogP) is 1.62. The number of fused-ring (bicyclic) bond motifs is 1. The van der Waals surface area contributed by atoms with Crippen LogP contribution in [0, 0.1) is 0 Å². The molecule has 0 saturated carbocycles. The number of carbonyl (C=O) groups excluding carboxylic acids is 1. The molecule has 1 aliphatic rings. The van der Waals surface area contributed by atoms with Crippen molar-refractivity contribution in [3.8, 4) is 17.2 Å². The van der Waals surface area contributed by atoms with Crippen LogP contribution in [0.2, 0.25) is 0 Å². The van der Waals surface area contributed by atoms with Gasteiger partial charge in [-0.2, -0.15) is 4.68 Å². The first-order valence-corrected chi connectivity index (χ1v) is 9.17. The maximum Gasteiger partial charge on any atom is 0.236 e. The van der Waals surface area contributed by atoms with E-state index in [9.17, 15) is 4.79 Å². The number of hydrogen-bond acceptors (Lipinski definition) is 9. The molecule has 3 heterocycles. The molecule has 0 saturated heterocycles. The molecule has 9 nitrogen and oxygen atoms in total. The number of carbonyl (C=O) groups is 1. The molecule has 0 aliphatic carbocycles. The molecule has 11 heteroatoms. The Kier molecular flexibility index (Phi) is 4.48. The van der Waals surface area contributed by atoms with Crippen LogP contribution in [-0.2, 0) is 4.79 Å². The second-order valence-corrected chi connectivity index (χ2v) is 6.71. The topological polar surface area (TPSA) is 104 Å². The zero-order chi connectivity index (χ0) is 17.1. The van der Waals surface area contributed by atoms with E-state index in [0.717, 1.165) is 5.69 Å². The third-order valence-corrected chi connectivity index (χ3v) is 4.83. The van der Waals surface area contributed by atoms with Gasteiger partial charge in [-0.25, -0.2) is 4.98 Å². The fourth-order valence-corrected chi connectivity index (χ4v) is 3.40. The molecule has 25 heavy (non-hydrogen) atoms. The molecule has 128 valence electrons. The van der Waals surface area contributed by atoms with Gasteiger partial charge in [0.2, 0.25) is 11.1 Å². The lowest BCUT2D eigenvalue weighted by atomic mass is 10.2. The van der Waals surface area contributed by atoms with Crippen molar-refractivity contribution in [3.05, 3.63) is 29.8 Å². The third-order valence-electron chi connectivity index (χ3n) is 3.22. The van der Waals surface area contributed by atoms with Crippen LogP contribution in [0.5, 0.6) is 11.5 Å². The number of tetrazole rings is 1. The fourth-order valence-electron chi connectivity index (χ4n) is 2.17. The normalized spacial score (nSPS) is 12.8. The van der Waals surface area contributed by atoms with Crippen molar-refractivity contribution >= 4 is 34.1 Å². The predicted molar refractivity (Wildman–Crippen MR) is 91.6 cm³/mol. The van der Waals surface area contributed by atoms with Crippen LogP contribution in [0.3, 0.4) is 0 Å². The molecule has 0 unspecified atom stereocenters. The smallest absolute Gasteiger partial charge is 0.236 e. The van der Waals surface area contributed by atoms with Crippen molar-refractivity contribution in [2.45, 2.75) is 5.16 Å². The van der Waals surface area contributed by atoms with Crippen LogP contribution in [-0.4, -0.2) is 50.1 Å². The highest BCUT2D eigenvalue weighted by Gasteiger charge is 2.16. The Morgan fingerprint density at radius 1 is 1.32 bits per heavy atom. The van der Waals surface area contributed by atoms with Crippen LogP contribution in [0.4, 0.5) is 5.13 Å². The van der Waals surface area contributed by atoms with Gasteiger partial charge in [0.05, 0.1) is 11.4 Å². The molecule has 0 spiro atoms. The molecule has 3 aromatic rings. The zero-order valence-corrected chi connectivity index (χ0v) is 14.4.